The van der Waals surface area contributed by atoms with E-state index in [4.69, 9.17) is 5.11 Å². The maximum absolute atomic E-state index is 10.9. The minimum absolute atomic E-state index is 0.0990. The average molecular weight is 302 g/mol. The van der Waals surface area contributed by atoms with Gasteiger partial charge in [0.1, 0.15) is 0 Å². The number of nitrogens with one attached hydrogen (secondary N) is 1. The second kappa shape index (κ2) is 6.90. The third-order valence-corrected chi connectivity index (χ3v) is 3.68. The topological polar surface area (TPSA) is 79.3 Å². The normalized spacial score (nSPS) is 10.1. The molecule has 0 bridgehead atoms. The van der Waals surface area contributed by atoms with Gasteiger partial charge in [-0.15, -0.1) is 11.8 Å². The van der Waals surface area contributed by atoms with Crippen molar-refractivity contribution in [1.82, 2.24) is 4.98 Å². The zero-order valence-electron chi connectivity index (χ0n) is 11.4. The Kier molecular flexibility index (Phi) is 4.94. The van der Waals surface area contributed by atoms with Crippen LogP contribution in [0.5, 0.6) is 0 Å². The number of hydrogen-bond acceptors (Lipinski definition) is 4. The number of anilines is 1. The molecule has 0 aliphatic heterocycles. The Morgan fingerprint density at radius 2 is 1.90 bits per heavy atom. The van der Waals surface area contributed by atoms with Crippen LogP contribution in [0.2, 0.25) is 0 Å². The number of aromatic nitrogens is 1. The lowest BCUT2D eigenvalue weighted by Crippen LogP contribution is -2.05. The summed E-state index contributed by atoms with van der Waals surface area (Å²) in [6.45, 7) is 1.47. The van der Waals surface area contributed by atoms with Crippen molar-refractivity contribution in [2.24, 2.45) is 0 Å². The fraction of sp³-hybridized carbons (Fsp3) is 0.133. The standard InChI is InChI=1S/C15H14N2O3S/c1-10(18)17-12-4-6-14(7-5-12)21-9-13-3-2-11(8-16-13)15(19)20/h2-8H,9H2,1H3,(H,17,18)(H,19,20). The van der Waals surface area contributed by atoms with E-state index in [2.05, 4.69) is 10.3 Å². The van der Waals surface area contributed by atoms with Crippen molar-refractivity contribution in [2.75, 3.05) is 5.32 Å². The van der Waals surface area contributed by atoms with Crippen molar-refractivity contribution >= 4 is 29.3 Å². The Morgan fingerprint density at radius 1 is 1.19 bits per heavy atom. The van der Waals surface area contributed by atoms with Crippen molar-refractivity contribution in [1.29, 1.82) is 0 Å². The van der Waals surface area contributed by atoms with E-state index in [1.54, 1.807) is 23.9 Å². The first kappa shape index (κ1) is 15.1. The van der Waals surface area contributed by atoms with Crippen LogP contribution in [0.15, 0.2) is 47.5 Å². The van der Waals surface area contributed by atoms with Gasteiger partial charge in [-0.25, -0.2) is 4.79 Å². The van der Waals surface area contributed by atoms with Gasteiger partial charge in [-0.05, 0) is 36.4 Å². The molecule has 0 radical (unpaired) electrons. The summed E-state index contributed by atoms with van der Waals surface area (Å²) in [6, 6.07) is 10.8. The molecule has 1 aromatic heterocycles. The number of carboxylic acids is 1. The lowest BCUT2D eigenvalue weighted by molar-refractivity contribution is -0.114. The first-order chi connectivity index (χ1) is 10.0. The number of pyridine rings is 1. The van der Waals surface area contributed by atoms with Gasteiger partial charge < -0.3 is 10.4 Å². The summed E-state index contributed by atoms with van der Waals surface area (Å²) in [5.41, 5.74) is 1.76. The van der Waals surface area contributed by atoms with E-state index in [9.17, 15) is 9.59 Å². The van der Waals surface area contributed by atoms with Gasteiger partial charge in [0.2, 0.25) is 5.91 Å². The van der Waals surface area contributed by atoms with Gasteiger partial charge in [0.05, 0.1) is 11.3 Å². The Morgan fingerprint density at radius 3 is 2.43 bits per heavy atom. The van der Waals surface area contributed by atoms with Gasteiger partial charge in [0, 0.05) is 29.5 Å². The lowest BCUT2D eigenvalue weighted by atomic mass is 10.2. The second-order valence-electron chi connectivity index (χ2n) is 4.34. The molecule has 1 heterocycles. The van der Waals surface area contributed by atoms with Crippen molar-refractivity contribution in [3.8, 4) is 0 Å². The molecule has 0 fully saturated rings. The summed E-state index contributed by atoms with van der Waals surface area (Å²) in [4.78, 5) is 26.8. The summed E-state index contributed by atoms with van der Waals surface area (Å²) >= 11 is 1.59. The molecule has 1 aromatic carbocycles. The predicted octanol–water partition coefficient (Wildman–Crippen LogP) is 3.03. The molecule has 5 nitrogen and oxygen atoms in total. The molecule has 0 saturated heterocycles. The Bertz CT molecular complexity index is 639. The highest BCUT2D eigenvalue weighted by atomic mass is 32.2. The van der Waals surface area contributed by atoms with Crippen LogP contribution in [0.4, 0.5) is 5.69 Å². The number of carboxylic acid groups (broad SMARTS) is 1. The van der Waals surface area contributed by atoms with E-state index < -0.39 is 5.97 Å². The van der Waals surface area contributed by atoms with Crippen molar-refractivity contribution < 1.29 is 14.7 Å². The Hall–Kier alpha value is -2.34. The highest BCUT2D eigenvalue weighted by molar-refractivity contribution is 7.98. The van der Waals surface area contributed by atoms with Gasteiger partial charge in [0.25, 0.3) is 0 Å². The van der Waals surface area contributed by atoms with Crippen LogP contribution < -0.4 is 5.32 Å². The number of rotatable bonds is 5. The highest BCUT2D eigenvalue weighted by Crippen LogP contribution is 2.23. The predicted molar refractivity (Wildman–Crippen MR) is 81.5 cm³/mol. The zero-order valence-corrected chi connectivity index (χ0v) is 12.2. The molecule has 2 rings (SSSR count). The molecule has 0 spiro atoms. The van der Waals surface area contributed by atoms with Crippen LogP contribution in [0.25, 0.3) is 0 Å². The molecule has 21 heavy (non-hydrogen) atoms. The van der Waals surface area contributed by atoms with E-state index in [0.29, 0.717) is 5.75 Å². The molecule has 0 saturated carbocycles. The number of benzene rings is 1. The number of carbonyl (C=O) groups is 2. The van der Waals surface area contributed by atoms with Crippen molar-refractivity contribution in [3.05, 3.63) is 53.9 Å². The number of nitrogens with zero attached hydrogens (tertiary/aromatic N) is 1. The van der Waals surface area contributed by atoms with Crippen LogP contribution in [-0.2, 0) is 10.5 Å². The smallest absolute Gasteiger partial charge is 0.337 e. The Balaban J connectivity index is 1.93. The molecule has 0 unspecified atom stereocenters. The van der Waals surface area contributed by atoms with Crippen LogP contribution in [0.1, 0.15) is 23.0 Å². The first-order valence-corrected chi connectivity index (χ1v) is 7.22. The number of aromatic carboxylic acids is 1. The van der Waals surface area contributed by atoms with E-state index in [0.717, 1.165) is 16.3 Å². The number of thioether (sulfide) groups is 1. The summed E-state index contributed by atoms with van der Waals surface area (Å²) < 4.78 is 0. The van der Waals surface area contributed by atoms with E-state index in [-0.39, 0.29) is 11.5 Å². The molecule has 6 heteroatoms. The number of hydrogen-bond donors (Lipinski definition) is 2. The fourth-order valence-corrected chi connectivity index (χ4v) is 2.45. The highest BCUT2D eigenvalue weighted by Gasteiger charge is 2.03. The van der Waals surface area contributed by atoms with Gasteiger partial charge >= 0.3 is 5.97 Å². The van der Waals surface area contributed by atoms with Crippen molar-refractivity contribution in [2.45, 2.75) is 17.6 Å². The van der Waals surface area contributed by atoms with E-state index in [1.807, 2.05) is 24.3 Å². The number of amides is 1. The Labute approximate surface area is 126 Å². The molecule has 0 aliphatic carbocycles. The van der Waals surface area contributed by atoms with Gasteiger partial charge in [-0.2, -0.15) is 0 Å². The van der Waals surface area contributed by atoms with Crippen LogP contribution in [0.3, 0.4) is 0 Å². The molecule has 2 aromatic rings. The molecule has 0 aliphatic rings. The molecule has 1 amide bonds. The fourth-order valence-electron chi connectivity index (χ4n) is 1.63. The van der Waals surface area contributed by atoms with E-state index >= 15 is 0 Å². The van der Waals surface area contributed by atoms with Crippen LogP contribution in [-0.4, -0.2) is 22.0 Å². The molecule has 108 valence electrons. The van der Waals surface area contributed by atoms with Gasteiger partial charge in [0.15, 0.2) is 0 Å². The summed E-state index contributed by atoms with van der Waals surface area (Å²) in [5, 5.41) is 11.5. The molecular formula is C15H14N2O3S. The largest absolute Gasteiger partial charge is 0.478 e. The average Bonchev–Trinajstić information content (AvgIpc) is 2.46. The minimum atomic E-state index is -0.977. The number of carbonyl (C=O) groups excluding carboxylic acids is 1. The second-order valence-corrected chi connectivity index (χ2v) is 5.39. The molecule has 0 atom stereocenters. The lowest BCUT2D eigenvalue weighted by Gasteiger charge is -2.05. The van der Waals surface area contributed by atoms with Crippen LogP contribution in [0, 0.1) is 0 Å². The molecule has 2 N–H and O–H groups in total. The monoisotopic (exact) mass is 302 g/mol. The third-order valence-electron chi connectivity index (χ3n) is 2.63. The maximum atomic E-state index is 10.9. The quantitative estimate of drug-likeness (QED) is 0.830. The minimum Gasteiger partial charge on any atom is -0.478 e. The van der Waals surface area contributed by atoms with Gasteiger partial charge in [-0.1, -0.05) is 0 Å². The SMILES string of the molecule is CC(=O)Nc1ccc(SCc2ccc(C(=O)O)cn2)cc1. The third kappa shape index (κ3) is 4.61. The van der Waals surface area contributed by atoms with Gasteiger partial charge in [-0.3, -0.25) is 9.78 Å². The summed E-state index contributed by atoms with van der Waals surface area (Å²) in [7, 11) is 0. The zero-order chi connectivity index (χ0) is 15.2. The maximum Gasteiger partial charge on any atom is 0.337 e. The first-order valence-electron chi connectivity index (χ1n) is 6.23. The van der Waals surface area contributed by atoms with Crippen molar-refractivity contribution in [3.63, 3.8) is 0 Å². The summed E-state index contributed by atoms with van der Waals surface area (Å²) in [5.74, 6) is -0.423. The van der Waals surface area contributed by atoms with Crippen LogP contribution >= 0.6 is 11.8 Å². The van der Waals surface area contributed by atoms with E-state index in [1.165, 1.54) is 13.1 Å². The summed E-state index contributed by atoms with van der Waals surface area (Å²) in [6.07, 6.45) is 1.36. The molecular weight excluding hydrogens is 288 g/mol.